The van der Waals surface area contributed by atoms with Gasteiger partial charge in [0.2, 0.25) is 0 Å². The lowest BCUT2D eigenvalue weighted by Gasteiger charge is -2.53. The fourth-order valence-corrected chi connectivity index (χ4v) is 5.63. The van der Waals surface area contributed by atoms with Crippen molar-refractivity contribution in [1.29, 1.82) is 0 Å². The number of carbonyl (C=O) groups is 2. The SMILES string of the molecule is Cc1cn2nc(-c3cc4nnc(N5CC6(CCNCC6)C5)c(OC(=O)C(F)(F)F)c4c(F)c3OC(=O)C(F)(F)F)cc(C)c2n1. The number of hydrogen-bond acceptors (Lipinski definition) is 10. The van der Waals surface area contributed by atoms with Crippen LogP contribution in [-0.2, 0) is 9.59 Å². The average molecular weight is 642 g/mol. The zero-order valence-corrected chi connectivity index (χ0v) is 23.4. The van der Waals surface area contributed by atoms with Crippen LogP contribution >= 0.6 is 0 Å². The van der Waals surface area contributed by atoms with Gasteiger partial charge in [-0.2, -0.15) is 31.4 Å². The van der Waals surface area contributed by atoms with Crippen molar-refractivity contribution in [1.82, 2.24) is 30.1 Å². The number of aromatic nitrogens is 5. The first-order valence-electron chi connectivity index (χ1n) is 13.5. The van der Waals surface area contributed by atoms with Crippen molar-refractivity contribution < 1.29 is 49.8 Å². The minimum absolute atomic E-state index is 0.196. The largest absolute Gasteiger partial charge is 0.491 e. The summed E-state index contributed by atoms with van der Waals surface area (Å²) in [5.41, 5.74) is -0.0907. The Morgan fingerprint density at radius 2 is 1.56 bits per heavy atom. The highest BCUT2D eigenvalue weighted by molar-refractivity contribution is 5.98. The van der Waals surface area contributed by atoms with E-state index in [0.29, 0.717) is 30.0 Å². The van der Waals surface area contributed by atoms with Crippen molar-refractivity contribution in [2.24, 2.45) is 5.41 Å². The molecule has 0 saturated carbocycles. The van der Waals surface area contributed by atoms with Gasteiger partial charge in [-0.15, -0.1) is 10.2 Å². The Hall–Kier alpha value is -4.61. The van der Waals surface area contributed by atoms with Crippen LogP contribution in [0.3, 0.4) is 0 Å². The van der Waals surface area contributed by atoms with Gasteiger partial charge in [-0.1, -0.05) is 0 Å². The monoisotopic (exact) mass is 641 g/mol. The minimum Gasteiger partial charge on any atom is -0.416 e. The van der Waals surface area contributed by atoms with Crippen LogP contribution in [0.25, 0.3) is 27.8 Å². The Morgan fingerprint density at radius 3 is 2.18 bits per heavy atom. The maximum atomic E-state index is 16.4. The second kappa shape index (κ2) is 10.5. The number of imidazole rings is 1. The van der Waals surface area contributed by atoms with E-state index in [1.165, 1.54) is 21.7 Å². The first-order chi connectivity index (χ1) is 21.1. The number of nitrogens with one attached hydrogen (secondary N) is 1. The van der Waals surface area contributed by atoms with Gasteiger partial charge in [0.1, 0.15) is 5.52 Å². The molecular weight excluding hydrogens is 619 g/mol. The van der Waals surface area contributed by atoms with Gasteiger partial charge in [0.05, 0.1) is 28.5 Å². The molecule has 2 aliphatic heterocycles. The molecule has 45 heavy (non-hydrogen) atoms. The Morgan fingerprint density at radius 1 is 0.933 bits per heavy atom. The highest BCUT2D eigenvalue weighted by Gasteiger charge is 2.48. The van der Waals surface area contributed by atoms with E-state index in [-0.39, 0.29) is 24.2 Å². The number of esters is 2. The number of carbonyl (C=O) groups excluding carboxylic acids is 2. The number of hydrogen-bond donors (Lipinski definition) is 1. The van der Waals surface area contributed by atoms with Crippen LogP contribution in [0, 0.1) is 25.1 Å². The Balaban J connectivity index is 1.57. The van der Waals surface area contributed by atoms with Crippen molar-refractivity contribution in [3.63, 3.8) is 0 Å². The number of aryl methyl sites for hydroxylation is 2. The quantitative estimate of drug-likeness (QED) is 0.197. The molecule has 11 nitrogen and oxygen atoms in total. The van der Waals surface area contributed by atoms with Crippen molar-refractivity contribution in [3.8, 4) is 22.8 Å². The molecule has 238 valence electrons. The first kappa shape index (κ1) is 30.4. The highest BCUT2D eigenvalue weighted by atomic mass is 19.4. The number of piperidine rings is 1. The molecule has 1 spiro atoms. The van der Waals surface area contributed by atoms with Gasteiger partial charge in [-0.05, 0) is 57.5 Å². The van der Waals surface area contributed by atoms with E-state index in [2.05, 4.69) is 35.1 Å². The summed E-state index contributed by atoms with van der Waals surface area (Å²) in [4.78, 5) is 29.7. The Labute approximate surface area is 248 Å². The predicted octanol–water partition coefficient (Wildman–Crippen LogP) is 4.22. The molecule has 0 unspecified atom stereocenters. The third-order valence-electron chi connectivity index (χ3n) is 7.76. The van der Waals surface area contributed by atoms with Gasteiger partial charge in [-0.25, -0.2) is 23.5 Å². The molecule has 1 aromatic carbocycles. The molecule has 2 saturated heterocycles. The third-order valence-corrected chi connectivity index (χ3v) is 7.76. The molecule has 2 fully saturated rings. The molecule has 0 atom stereocenters. The van der Waals surface area contributed by atoms with Crippen LogP contribution in [-0.4, -0.2) is 75.3 Å². The van der Waals surface area contributed by atoms with Crippen LogP contribution in [0.15, 0.2) is 18.3 Å². The maximum absolute atomic E-state index is 16.4. The molecular formula is C27H22F7N7O4. The number of rotatable bonds is 4. The molecule has 18 heteroatoms. The summed E-state index contributed by atoms with van der Waals surface area (Å²) in [7, 11) is 0. The molecule has 4 aromatic rings. The topological polar surface area (TPSA) is 124 Å². The highest BCUT2D eigenvalue weighted by Crippen LogP contribution is 2.48. The van der Waals surface area contributed by atoms with Gasteiger partial charge >= 0.3 is 24.3 Å². The van der Waals surface area contributed by atoms with Crippen molar-refractivity contribution in [3.05, 3.63) is 35.4 Å². The zero-order valence-electron chi connectivity index (χ0n) is 23.4. The van der Waals surface area contributed by atoms with E-state index in [1.54, 1.807) is 13.8 Å². The third kappa shape index (κ3) is 5.46. The Kier molecular flexibility index (Phi) is 7.09. The van der Waals surface area contributed by atoms with Crippen molar-refractivity contribution >= 4 is 34.3 Å². The lowest BCUT2D eigenvalue weighted by Crippen LogP contribution is -2.60. The molecule has 5 heterocycles. The maximum Gasteiger partial charge on any atom is 0.491 e. The number of ether oxygens (including phenoxy) is 2. The standard InChI is InChI=1S/C27H22F7N7O4/c1-12-7-15(39-41-9-13(2)36-21(12)41)14-8-16-17(18(28)19(14)44-23(42)26(29,30)31)20(45-24(43)27(32,33)34)22(38-37-16)40-10-25(11-40)3-5-35-6-4-25/h7-9,35H,3-6,10-11H2,1-2H3. The molecule has 0 bridgehead atoms. The summed E-state index contributed by atoms with van der Waals surface area (Å²) in [6.07, 6.45) is -8.18. The summed E-state index contributed by atoms with van der Waals surface area (Å²) in [6, 6.07) is 2.26. The summed E-state index contributed by atoms with van der Waals surface area (Å²) < 4.78 is 107. The number of halogens is 7. The number of anilines is 1. The van der Waals surface area contributed by atoms with E-state index in [0.717, 1.165) is 18.9 Å². The van der Waals surface area contributed by atoms with Gasteiger partial charge in [0, 0.05) is 18.5 Å². The minimum atomic E-state index is -5.58. The number of fused-ring (bicyclic) bond motifs is 2. The van der Waals surface area contributed by atoms with Crippen LogP contribution < -0.4 is 19.7 Å². The Bertz CT molecular complexity index is 1860. The summed E-state index contributed by atoms with van der Waals surface area (Å²) in [5, 5.41) is 14.4. The van der Waals surface area contributed by atoms with Crippen LogP contribution in [0.4, 0.5) is 36.6 Å². The van der Waals surface area contributed by atoms with Gasteiger partial charge < -0.3 is 19.7 Å². The fourth-order valence-electron chi connectivity index (χ4n) is 5.63. The lowest BCUT2D eigenvalue weighted by molar-refractivity contribution is -0.189. The zero-order chi connectivity index (χ0) is 32.5. The fraction of sp³-hybridized carbons (Fsp3) is 0.407. The molecule has 2 aliphatic rings. The van der Waals surface area contributed by atoms with E-state index < -0.39 is 63.9 Å². The van der Waals surface area contributed by atoms with Crippen LogP contribution in [0.5, 0.6) is 11.5 Å². The van der Waals surface area contributed by atoms with Crippen LogP contribution in [0.2, 0.25) is 0 Å². The predicted molar refractivity (Wildman–Crippen MR) is 141 cm³/mol. The summed E-state index contributed by atoms with van der Waals surface area (Å²) >= 11 is 0. The number of alkyl halides is 6. The molecule has 0 radical (unpaired) electrons. The first-order valence-corrected chi connectivity index (χ1v) is 13.5. The summed E-state index contributed by atoms with van der Waals surface area (Å²) in [5.74, 6) is -10.1. The van der Waals surface area contributed by atoms with Gasteiger partial charge in [-0.3, -0.25) is 0 Å². The van der Waals surface area contributed by atoms with Gasteiger partial charge in [0.15, 0.2) is 28.8 Å². The van der Waals surface area contributed by atoms with E-state index >= 15 is 4.39 Å². The number of benzene rings is 1. The normalized spacial score (nSPS) is 16.7. The van der Waals surface area contributed by atoms with Crippen LogP contribution in [0.1, 0.15) is 24.1 Å². The van der Waals surface area contributed by atoms with Gasteiger partial charge in [0.25, 0.3) is 0 Å². The summed E-state index contributed by atoms with van der Waals surface area (Å²) in [6.45, 7) is 5.15. The smallest absolute Gasteiger partial charge is 0.416 e. The molecule has 0 amide bonds. The molecule has 1 N–H and O–H groups in total. The molecule has 6 rings (SSSR count). The van der Waals surface area contributed by atoms with E-state index in [1.807, 2.05) is 0 Å². The second-order valence-corrected chi connectivity index (χ2v) is 11.1. The van der Waals surface area contributed by atoms with E-state index in [4.69, 9.17) is 0 Å². The second-order valence-electron chi connectivity index (χ2n) is 11.1. The van der Waals surface area contributed by atoms with E-state index in [9.17, 15) is 35.9 Å². The molecule has 0 aliphatic carbocycles. The average Bonchev–Trinajstić information content (AvgIpc) is 3.33. The van der Waals surface area contributed by atoms with Crippen molar-refractivity contribution in [2.75, 3.05) is 31.1 Å². The lowest BCUT2D eigenvalue weighted by atomic mass is 9.72. The van der Waals surface area contributed by atoms with Crippen molar-refractivity contribution in [2.45, 2.75) is 39.0 Å². The number of nitrogens with zero attached hydrogens (tertiary/aromatic N) is 6. The molecule has 3 aromatic heterocycles.